The molecule has 8 heteroatoms. The van der Waals surface area contributed by atoms with Crippen LogP contribution >= 0.6 is 0 Å². The van der Waals surface area contributed by atoms with E-state index in [1.165, 1.54) is 5.56 Å². The monoisotopic (exact) mass is 510 g/mol. The summed E-state index contributed by atoms with van der Waals surface area (Å²) in [6.07, 6.45) is 7.03. The predicted molar refractivity (Wildman–Crippen MR) is 147 cm³/mol. The van der Waals surface area contributed by atoms with Gasteiger partial charge in [-0.2, -0.15) is 0 Å². The maximum absolute atomic E-state index is 13.2. The first-order chi connectivity index (χ1) is 18.6. The molecule has 3 aliphatic rings. The van der Waals surface area contributed by atoms with Gasteiger partial charge in [0.2, 0.25) is 0 Å². The molecule has 3 aromatic rings. The van der Waals surface area contributed by atoms with E-state index in [0.717, 1.165) is 55.7 Å². The van der Waals surface area contributed by atoms with Crippen molar-refractivity contribution in [2.24, 2.45) is 4.99 Å². The van der Waals surface area contributed by atoms with Gasteiger partial charge in [0.15, 0.2) is 0 Å². The molecule has 2 amide bonds. The third-order valence-corrected chi connectivity index (χ3v) is 7.52. The normalized spacial score (nSPS) is 16.4. The van der Waals surface area contributed by atoms with E-state index >= 15 is 0 Å². The number of hydrogen-bond donors (Lipinski definition) is 1. The number of nitrogens with zero attached hydrogens (tertiary/aromatic N) is 3. The molecule has 0 spiro atoms. The molecular formula is C30H30N4O4. The Kier molecular flexibility index (Phi) is 6.33. The van der Waals surface area contributed by atoms with E-state index in [1.807, 2.05) is 30.5 Å². The minimum Gasteiger partial charge on any atom is -0.493 e. The maximum Gasteiger partial charge on any atom is 0.261 e. The molecule has 6 rings (SSSR count). The predicted octanol–water partition coefficient (Wildman–Crippen LogP) is 4.29. The smallest absolute Gasteiger partial charge is 0.261 e. The molecule has 0 radical (unpaired) electrons. The highest BCUT2D eigenvalue weighted by molar-refractivity contribution is 6.48. The summed E-state index contributed by atoms with van der Waals surface area (Å²) < 4.78 is 12.0. The van der Waals surface area contributed by atoms with Crippen LogP contribution in [0.4, 0.5) is 5.69 Å². The second kappa shape index (κ2) is 9.95. The third-order valence-electron chi connectivity index (χ3n) is 7.52. The first kappa shape index (κ1) is 24.2. The number of carbonyl (C=O) groups excluding carboxylic acids is 2. The number of anilines is 1. The number of benzene rings is 2. The number of furan rings is 1. The molecule has 0 fully saturated rings. The van der Waals surface area contributed by atoms with Gasteiger partial charge in [0.1, 0.15) is 11.3 Å². The number of rotatable bonds is 9. The van der Waals surface area contributed by atoms with E-state index in [9.17, 15) is 9.59 Å². The number of imide groups is 1. The van der Waals surface area contributed by atoms with Crippen molar-refractivity contribution in [3.05, 3.63) is 77.3 Å². The van der Waals surface area contributed by atoms with Crippen molar-refractivity contribution in [2.45, 2.75) is 26.7 Å². The Hall–Kier alpha value is -4.17. The Morgan fingerprint density at radius 3 is 2.74 bits per heavy atom. The second-order valence-electron chi connectivity index (χ2n) is 9.57. The summed E-state index contributed by atoms with van der Waals surface area (Å²) in [4.78, 5) is 35.6. The lowest BCUT2D eigenvalue weighted by Crippen LogP contribution is -2.25. The average molecular weight is 511 g/mol. The summed E-state index contributed by atoms with van der Waals surface area (Å²) >= 11 is 0. The molecule has 1 aromatic heterocycles. The summed E-state index contributed by atoms with van der Waals surface area (Å²) in [5, 5.41) is 3.26. The number of nitrogens with one attached hydrogen (secondary N) is 1. The summed E-state index contributed by atoms with van der Waals surface area (Å²) in [5.74, 6) is -0.233. The van der Waals surface area contributed by atoms with Gasteiger partial charge in [-0.1, -0.05) is 32.0 Å². The van der Waals surface area contributed by atoms with E-state index in [-0.39, 0.29) is 11.1 Å². The van der Waals surface area contributed by atoms with E-state index in [2.05, 4.69) is 40.0 Å². The zero-order valence-corrected chi connectivity index (χ0v) is 21.6. The van der Waals surface area contributed by atoms with Crippen LogP contribution in [0.5, 0.6) is 5.75 Å². The van der Waals surface area contributed by atoms with Crippen molar-refractivity contribution >= 4 is 39.8 Å². The number of para-hydroxylation sites is 1. The Morgan fingerprint density at radius 1 is 1.05 bits per heavy atom. The average Bonchev–Trinajstić information content (AvgIpc) is 3.61. The van der Waals surface area contributed by atoms with Gasteiger partial charge >= 0.3 is 0 Å². The van der Waals surface area contributed by atoms with Gasteiger partial charge in [-0.25, -0.2) is 0 Å². The van der Waals surface area contributed by atoms with Crippen molar-refractivity contribution in [3.63, 3.8) is 0 Å². The molecule has 3 aliphatic heterocycles. The number of aliphatic imine (C=N–C) groups is 1. The van der Waals surface area contributed by atoms with Crippen LogP contribution in [0.15, 0.2) is 70.0 Å². The molecule has 2 aromatic carbocycles. The summed E-state index contributed by atoms with van der Waals surface area (Å²) in [6, 6.07) is 11.5. The van der Waals surface area contributed by atoms with Gasteiger partial charge in [0, 0.05) is 36.6 Å². The van der Waals surface area contributed by atoms with Gasteiger partial charge in [-0.3, -0.25) is 19.9 Å². The number of carbonyl (C=O) groups is 2. The Morgan fingerprint density at radius 2 is 1.89 bits per heavy atom. The van der Waals surface area contributed by atoms with Crippen molar-refractivity contribution in [1.29, 1.82) is 0 Å². The van der Waals surface area contributed by atoms with E-state index in [0.29, 0.717) is 29.2 Å². The van der Waals surface area contributed by atoms with E-state index in [4.69, 9.17) is 9.15 Å². The summed E-state index contributed by atoms with van der Waals surface area (Å²) in [6.45, 7) is 8.73. The topological polar surface area (TPSA) is 87.4 Å². The number of hydrogen-bond acceptors (Lipinski definition) is 7. The van der Waals surface area contributed by atoms with Crippen LogP contribution in [0, 0.1) is 0 Å². The number of ether oxygens (including phenoxy) is 1. The molecule has 1 N–H and O–H groups in total. The van der Waals surface area contributed by atoms with Gasteiger partial charge in [-0.05, 0) is 49.7 Å². The Labute approximate surface area is 221 Å². The largest absolute Gasteiger partial charge is 0.493 e. The first-order valence-corrected chi connectivity index (χ1v) is 13.2. The fraction of sp³-hybridized carbons (Fsp3) is 0.300. The molecule has 8 nitrogen and oxygen atoms in total. The first-order valence-electron chi connectivity index (χ1n) is 13.2. The van der Waals surface area contributed by atoms with Gasteiger partial charge in [0.25, 0.3) is 11.8 Å². The standard InChI is InChI=1S/C30H30N4O4/c1-3-33(4-2)14-6-17-37-23-10-9-21(28-20(23)12-18-38-28)24-25(30(36)32-29(24)35)26-22-8-5-7-19-11-15-34(27(19)22)16-13-31-26/h5,7-10,12-13,16,18H,3-4,6,11,14-15,17H2,1-2H3,(H,32,35,36). The molecule has 0 unspecified atom stereocenters. The zero-order valence-electron chi connectivity index (χ0n) is 21.6. The van der Waals surface area contributed by atoms with E-state index < -0.39 is 11.8 Å². The van der Waals surface area contributed by atoms with Crippen molar-refractivity contribution < 1.29 is 18.7 Å². The van der Waals surface area contributed by atoms with Crippen molar-refractivity contribution in [3.8, 4) is 5.75 Å². The Balaban J connectivity index is 1.39. The van der Waals surface area contributed by atoms with Gasteiger partial charge in [-0.15, -0.1) is 0 Å². The molecule has 0 atom stereocenters. The summed E-state index contributed by atoms with van der Waals surface area (Å²) in [7, 11) is 0. The van der Waals surface area contributed by atoms with Crippen molar-refractivity contribution in [2.75, 3.05) is 37.7 Å². The van der Waals surface area contributed by atoms with Crippen LogP contribution < -0.4 is 15.0 Å². The minimum atomic E-state index is -0.462. The highest BCUT2D eigenvalue weighted by Crippen LogP contribution is 2.40. The lowest BCUT2D eigenvalue weighted by Gasteiger charge is -2.18. The molecule has 0 bridgehead atoms. The fourth-order valence-electron chi connectivity index (χ4n) is 5.59. The molecule has 0 aliphatic carbocycles. The molecular weight excluding hydrogens is 480 g/mol. The maximum atomic E-state index is 13.2. The highest BCUT2D eigenvalue weighted by atomic mass is 16.5. The quantitative estimate of drug-likeness (QED) is 0.341. The molecule has 4 heterocycles. The van der Waals surface area contributed by atoms with Crippen LogP contribution in [0.1, 0.15) is 37.0 Å². The molecule has 0 saturated carbocycles. The molecule has 194 valence electrons. The van der Waals surface area contributed by atoms with Gasteiger partial charge in [0.05, 0.1) is 40.8 Å². The SMILES string of the molecule is CCN(CC)CCCOc1ccc(C2=C(C3=NC=CN4CCc5cccc3c54)C(=O)NC2=O)c2occc12. The van der Waals surface area contributed by atoms with Crippen LogP contribution in [0.25, 0.3) is 16.5 Å². The number of fused-ring (bicyclic) bond motifs is 1. The number of amides is 2. The van der Waals surface area contributed by atoms with Gasteiger partial charge < -0.3 is 19.0 Å². The lowest BCUT2D eigenvalue weighted by atomic mass is 9.92. The van der Waals surface area contributed by atoms with E-state index in [1.54, 1.807) is 18.5 Å². The summed E-state index contributed by atoms with van der Waals surface area (Å²) in [5.41, 5.74) is 5.13. The minimum absolute atomic E-state index is 0.257. The van der Waals surface area contributed by atoms with Crippen molar-refractivity contribution in [1.82, 2.24) is 10.2 Å². The van der Waals surface area contributed by atoms with Crippen LogP contribution in [-0.4, -0.2) is 55.2 Å². The molecule has 0 saturated heterocycles. The lowest BCUT2D eigenvalue weighted by molar-refractivity contribution is -0.123. The Bertz CT molecular complexity index is 1530. The van der Waals surface area contributed by atoms with Crippen LogP contribution in [-0.2, 0) is 16.0 Å². The van der Waals surface area contributed by atoms with Crippen LogP contribution in [0.2, 0.25) is 0 Å². The molecule has 38 heavy (non-hydrogen) atoms. The zero-order chi connectivity index (χ0) is 26.2. The second-order valence-corrected chi connectivity index (χ2v) is 9.57. The highest BCUT2D eigenvalue weighted by Gasteiger charge is 2.38. The fourth-order valence-corrected chi connectivity index (χ4v) is 5.59. The van der Waals surface area contributed by atoms with Crippen LogP contribution in [0.3, 0.4) is 0 Å². The third kappa shape index (κ3) is 4.01.